The predicted octanol–water partition coefficient (Wildman–Crippen LogP) is 9.26. The standard InChI is InChI=1S/C26H35N3O2S.C25H30N4O/c1-29-15-13-21(14-16-29)31-25(26-27-23-11-4-5-12-24(23)28-26)20-9-8-10-22(19-20)32-18-7-3-2-6-17-30;1-29-16-13-21(14-17-29)30-24(25-27-22-11-4-5-12-23(22)28-25)20-10-7-9-19(18-20)8-3-2-6-15-26/h4-5,8-12,19,21,25,30H,2-3,6-7,13-18H2,1H3,(H,27,28);4-5,7,9-12,18,21,24H,2,6,13-17,26H2,1H3,(H,27,28). The fourth-order valence-corrected chi connectivity index (χ4v) is 9.06. The Morgan fingerprint density at radius 1 is 0.694 bits per heavy atom. The van der Waals surface area contributed by atoms with Crippen molar-refractivity contribution in [1.82, 2.24) is 29.7 Å². The first-order valence-corrected chi connectivity index (χ1v) is 23.6. The molecule has 2 aromatic heterocycles. The maximum Gasteiger partial charge on any atom is 0.141 e. The number of nitrogens with two attached hydrogens (primary N) is 1. The number of aromatic amines is 2. The summed E-state index contributed by atoms with van der Waals surface area (Å²) in [5, 5.41) is 8.93. The van der Waals surface area contributed by atoms with Crippen LogP contribution in [0, 0.1) is 11.8 Å². The minimum Gasteiger partial charge on any atom is -0.396 e. The molecule has 4 aromatic carbocycles. The van der Waals surface area contributed by atoms with Crippen LogP contribution < -0.4 is 5.73 Å². The maximum absolute atomic E-state index is 8.93. The zero-order chi connectivity index (χ0) is 42.9. The van der Waals surface area contributed by atoms with E-state index in [1.807, 2.05) is 54.2 Å². The van der Waals surface area contributed by atoms with E-state index in [-0.39, 0.29) is 24.4 Å². The van der Waals surface area contributed by atoms with Gasteiger partial charge in [0, 0.05) is 49.7 Å². The molecule has 10 nitrogen and oxygen atoms in total. The molecule has 0 saturated carbocycles. The van der Waals surface area contributed by atoms with Gasteiger partial charge in [-0.25, -0.2) is 9.97 Å². The minimum atomic E-state index is -0.239. The molecule has 6 aromatic rings. The number of nitrogens with one attached hydrogen (secondary N) is 2. The number of imidazole rings is 2. The average molecular weight is 856 g/mol. The highest BCUT2D eigenvalue weighted by atomic mass is 32.2. The summed E-state index contributed by atoms with van der Waals surface area (Å²) in [5.74, 6) is 9.31. The van der Waals surface area contributed by atoms with Crippen molar-refractivity contribution < 1.29 is 14.6 Å². The Balaban J connectivity index is 0.000000187. The van der Waals surface area contributed by atoms with Crippen LogP contribution in [0.15, 0.2) is 102 Å². The van der Waals surface area contributed by atoms with E-state index in [0.29, 0.717) is 13.2 Å². The molecule has 8 rings (SSSR count). The van der Waals surface area contributed by atoms with Gasteiger partial charge in [0.05, 0.1) is 34.3 Å². The molecule has 2 fully saturated rings. The monoisotopic (exact) mass is 855 g/mol. The Labute approximate surface area is 372 Å². The Morgan fingerprint density at radius 3 is 1.81 bits per heavy atom. The Morgan fingerprint density at radius 2 is 1.24 bits per heavy atom. The average Bonchev–Trinajstić information content (AvgIpc) is 3.94. The molecule has 2 atom stereocenters. The SMILES string of the molecule is CN1CCC(OC(c2cccc(C#CCCCN)c2)c2nc3ccccc3[nH]2)CC1.CN1CCC(OC(c2cccc(SCCCCCCO)c2)c2nc3ccccc3[nH]2)CC1. The molecule has 5 N–H and O–H groups in total. The normalized spacial score (nSPS) is 16.5. The third-order valence-electron chi connectivity index (χ3n) is 11.7. The van der Waals surface area contributed by atoms with Gasteiger partial charge in [0.15, 0.2) is 0 Å². The van der Waals surface area contributed by atoms with Crippen LogP contribution in [-0.2, 0) is 9.47 Å². The number of likely N-dealkylation sites (tertiary alicyclic amines) is 2. The number of benzene rings is 4. The predicted molar refractivity (Wildman–Crippen MR) is 253 cm³/mol. The van der Waals surface area contributed by atoms with E-state index in [9.17, 15) is 0 Å². The van der Waals surface area contributed by atoms with Gasteiger partial charge in [-0.3, -0.25) is 0 Å². The zero-order valence-electron chi connectivity index (χ0n) is 36.6. The summed E-state index contributed by atoms with van der Waals surface area (Å²) >= 11 is 1.90. The Hall–Kier alpha value is -4.51. The van der Waals surface area contributed by atoms with Gasteiger partial charge in [-0.1, -0.05) is 73.2 Å². The number of rotatable bonds is 17. The van der Waals surface area contributed by atoms with Gasteiger partial charge in [-0.2, -0.15) is 0 Å². The lowest BCUT2D eigenvalue weighted by atomic mass is 10.0. The third-order valence-corrected chi connectivity index (χ3v) is 12.8. The summed E-state index contributed by atoms with van der Waals surface area (Å²) < 4.78 is 13.4. The van der Waals surface area contributed by atoms with Gasteiger partial charge < -0.3 is 40.1 Å². The molecule has 62 heavy (non-hydrogen) atoms. The molecule has 0 aliphatic carbocycles. The molecule has 0 amide bonds. The molecule has 2 saturated heterocycles. The molecule has 0 spiro atoms. The smallest absolute Gasteiger partial charge is 0.141 e. The molecule has 2 aliphatic rings. The fraction of sp³-hybridized carbons (Fsp3) is 0.451. The number of aliphatic hydroxyl groups is 1. The number of para-hydroxylation sites is 4. The second-order valence-electron chi connectivity index (χ2n) is 16.7. The summed E-state index contributed by atoms with van der Waals surface area (Å²) in [6, 6.07) is 33.4. The zero-order valence-corrected chi connectivity index (χ0v) is 37.4. The maximum atomic E-state index is 8.93. The van der Waals surface area contributed by atoms with Gasteiger partial charge in [-0.05, 0) is 131 Å². The summed E-state index contributed by atoms with van der Waals surface area (Å²) in [5.41, 5.74) is 12.8. The highest BCUT2D eigenvalue weighted by Gasteiger charge is 2.28. The van der Waals surface area contributed by atoms with Crippen molar-refractivity contribution in [3.63, 3.8) is 0 Å². The lowest BCUT2D eigenvalue weighted by Gasteiger charge is -2.31. The van der Waals surface area contributed by atoms with Crippen molar-refractivity contribution in [2.75, 3.05) is 59.2 Å². The van der Waals surface area contributed by atoms with Gasteiger partial charge >= 0.3 is 0 Å². The first kappa shape index (κ1) is 45.5. The van der Waals surface area contributed by atoms with E-state index in [0.717, 1.165) is 134 Å². The fourth-order valence-electron chi connectivity index (χ4n) is 8.08. The van der Waals surface area contributed by atoms with Crippen molar-refractivity contribution in [3.05, 3.63) is 125 Å². The highest BCUT2D eigenvalue weighted by Crippen LogP contribution is 2.33. The van der Waals surface area contributed by atoms with Gasteiger partial charge in [0.2, 0.25) is 0 Å². The number of piperidine rings is 2. The molecule has 11 heteroatoms. The van der Waals surface area contributed by atoms with E-state index in [4.69, 9.17) is 30.3 Å². The van der Waals surface area contributed by atoms with Crippen LogP contribution >= 0.6 is 11.8 Å². The first-order chi connectivity index (χ1) is 30.4. The number of aliphatic hydroxyl groups excluding tert-OH is 1. The number of thioether (sulfide) groups is 1. The second-order valence-corrected chi connectivity index (χ2v) is 17.9. The highest BCUT2D eigenvalue weighted by molar-refractivity contribution is 7.99. The Kier molecular flexibility index (Phi) is 17.5. The van der Waals surface area contributed by atoms with Crippen LogP contribution in [0.1, 0.15) is 105 Å². The third kappa shape index (κ3) is 13.3. The quantitative estimate of drug-likeness (QED) is 0.0403. The molecule has 2 aliphatic heterocycles. The summed E-state index contributed by atoms with van der Waals surface area (Å²) in [6.07, 6.45) is 10.3. The van der Waals surface area contributed by atoms with E-state index < -0.39 is 0 Å². The minimum absolute atomic E-state index is 0.194. The lowest BCUT2D eigenvalue weighted by Crippen LogP contribution is -2.35. The van der Waals surface area contributed by atoms with Crippen LogP contribution in [0.5, 0.6) is 0 Å². The molecular weight excluding hydrogens is 791 g/mol. The van der Waals surface area contributed by atoms with E-state index in [2.05, 4.69) is 100 Å². The molecule has 328 valence electrons. The van der Waals surface area contributed by atoms with Crippen molar-refractivity contribution >= 4 is 33.8 Å². The molecule has 4 heterocycles. The number of ether oxygens (including phenoxy) is 2. The largest absolute Gasteiger partial charge is 0.396 e. The second kappa shape index (κ2) is 23.8. The number of H-pyrrole nitrogens is 2. The van der Waals surface area contributed by atoms with Gasteiger partial charge in [0.25, 0.3) is 0 Å². The number of fused-ring (bicyclic) bond motifs is 2. The molecular formula is C51H65N7O3S. The number of aromatic nitrogens is 4. The van der Waals surface area contributed by atoms with Crippen molar-refractivity contribution in [3.8, 4) is 11.8 Å². The molecule has 2 unspecified atom stereocenters. The van der Waals surface area contributed by atoms with Gasteiger partial charge in [0.1, 0.15) is 23.9 Å². The van der Waals surface area contributed by atoms with E-state index >= 15 is 0 Å². The summed E-state index contributed by atoms with van der Waals surface area (Å²) in [7, 11) is 4.34. The summed E-state index contributed by atoms with van der Waals surface area (Å²) in [4.78, 5) is 22.7. The van der Waals surface area contributed by atoms with Crippen molar-refractivity contribution in [2.45, 2.75) is 93.5 Å². The van der Waals surface area contributed by atoms with Crippen LogP contribution in [-0.4, -0.2) is 106 Å². The van der Waals surface area contributed by atoms with Crippen LogP contribution in [0.25, 0.3) is 22.1 Å². The topological polar surface area (TPSA) is 129 Å². The van der Waals surface area contributed by atoms with Gasteiger partial charge in [-0.15, -0.1) is 11.8 Å². The summed E-state index contributed by atoms with van der Waals surface area (Å²) in [6.45, 7) is 5.24. The number of hydrogen-bond donors (Lipinski definition) is 4. The molecule has 0 radical (unpaired) electrons. The van der Waals surface area contributed by atoms with Crippen LogP contribution in [0.3, 0.4) is 0 Å². The van der Waals surface area contributed by atoms with E-state index in [1.54, 1.807) is 0 Å². The number of unbranched alkanes of at least 4 members (excludes halogenated alkanes) is 4. The van der Waals surface area contributed by atoms with E-state index in [1.165, 1.54) is 17.7 Å². The van der Waals surface area contributed by atoms with Crippen LogP contribution in [0.4, 0.5) is 0 Å². The van der Waals surface area contributed by atoms with Crippen LogP contribution in [0.2, 0.25) is 0 Å². The number of hydrogen-bond acceptors (Lipinski definition) is 9. The lowest BCUT2D eigenvalue weighted by molar-refractivity contribution is -0.0265. The molecule has 0 bridgehead atoms. The number of nitrogens with zero attached hydrogens (tertiary/aromatic N) is 4. The van der Waals surface area contributed by atoms with Crippen molar-refractivity contribution in [1.29, 1.82) is 0 Å². The Bertz CT molecular complexity index is 2250. The first-order valence-electron chi connectivity index (χ1n) is 22.7. The van der Waals surface area contributed by atoms with Crippen molar-refractivity contribution in [2.24, 2.45) is 5.73 Å².